The van der Waals surface area contributed by atoms with Crippen LogP contribution < -0.4 is 32.4 Å². The molecule has 700 valence electrons. The number of hydrogen-bond donors (Lipinski definition) is 5. The molecule has 8 aliphatic rings. The van der Waals surface area contributed by atoms with Gasteiger partial charge in [0, 0.05) is 111 Å². The van der Waals surface area contributed by atoms with E-state index in [1.807, 2.05) is 99.2 Å². The summed E-state index contributed by atoms with van der Waals surface area (Å²) < 4.78 is 101. The zero-order chi connectivity index (χ0) is 91.3. The maximum Gasteiger partial charge on any atom is 0.330 e. The summed E-state index contributed by atoms with van der Waals surface area (Å²) in [6.45, 7) is 21.8. The molecular weight excluding hydrogens is 1760 g/mol. The third-order valence-electron chi connectivity index (χ3n) is 27.0. The molecule has 131 heavy (non-hydrogen) atoms. The molecule has 0 spiro atoms. The number of anilines is 4. The molecule has 0 atom stereocenters. The number of sulfone groups is 1. The van der Waals surface area contributed by atoms with E-state index in [2.05, 4.69) is 124 Å². The summed E-state index contributed by atoms with van der Waals surface area (Å²) >= 11 is 5.61. The van der Waals surface area contributed by atoms with E-state index in [0.29, 0.717) is 98.6 Å². The number of nitrogen functional groups attached to an aromatic ring is 4. The highest BCUT2D eigenvalue weighted by atomic mass is 32.5. The number of hydrogen-bond acceptors (Lipinski definition) is 28. The minimum Gasteiger partial charge on any atom is -0.484 e. The molecule has 38 heteroatoms. The van der Waals surface area contributed by atoms with E-state index in [9.17, 15) is 21.4 Å². The molecule has 3 aromatic carbocycles. The number of benzene rings is 3. The van der Waals surface area contributed by atoms with Gasteiger partial charge in [0.15, 0.2) is 6.35 Å². The molecule has 13 heterocycles. The Morgan fingerprint density at radius 3 is 1.21 bits per heavy atom. The molecule has 0 amide bonds. The van der Waals surface area contributed by atoms with E-state index in [4.69, 9.17) is 57.6 Å². The highest BCUT2D eigenvalue weighted by Gasteiger charge is 2.40. The molecule has 0 radical (unpaired) electrons. The number of likely N-dealkylation sites (tertiary alicyclic amines) is 4. The Morgan fingerprint density at radius 2 is 0.824 bits per heavy atom. The zero-order valence-electron chi connectivity index (χ0n) is 75.9. The first-order chi connectivity index (χ1) is 63.2. The topological polar surface area (TPSA) is 401 Å². The molecule has 33 nitrogen and oxygen atoms in total. The van der Waals surface area contributed by atoms with Crippen molar-refractivity contribution in [3.05, 3.63) is 152 Å². The second-order valence-electron chi connectivity index (χ2n) is 36.5. The first-order valence-electron chi connectivity index (χ1n) is 46.4. The molecule has 4 aliphatic heterocycles. The van der Waals surface area contributed by atoms with Crippen molar-refractivity contribution in [2.24, 2.45) is 23.7 Å². The summed E-state index contributed by atoms with van der Waals surface area (Å²) in [5.74, 6) is 5.75. The fraction of sp³-hybridized carbons (Fsp3) is 0.516. The van der Waals surface area contributed by atoms with Crippen molar-refractivity contribution >= 4 is 113 Å². The van der Waals surface area contributed by atoms with Gasteiger partial charge in [-0.25, -0.2) is 66.1 Å². The van der Waals surface area contributed by atoms with Crippen LogP contribution in [0.2, 0.25) is 0 Å². The Labute approximate surface area is 772 Å². The van der Waals surface area contributed by atoms with Crippen LogP contribution in [-0.2, 0) is 73.7 Å². The van der Waals surface area contributed by atoms with Crippen LogP contribution in [0.4, 0.5) is 23.3 Å². The molecule has 0 bridgehead atoms. The predicted octanol–water partition coefficient (Wildman–Crippen LogP) is 14.0. The van der Waals surface area contributed by atoms with Crippen LogP contribution in [0.3, 0.4) is 0 Å². The van der Waals surface area contributed by atoms with Gasteiger partial charge in [0.1, 0.15) is 86.8 Å². The van der Waals surface area contributed by atoms with E-state index < -0.39 is 33.9 Å². The molecule has 0 unspecified atom stereocenters. The third kappa shape index (κ3) is 22.1. The Balaban J connectivity index is 0.000000122. The summed E-state index contributed by atoms with van der Waals surface area (Å²) in [6.07, 6.45) is 37.1. The van der Waals surface area contributed by atoms with Crippen LogP contribution in [0, 0.1) is 23.7 Å². The lowest BCUT2D eigenvalue weighted by atomic mass is 9.79. The largest absolute Gasteiger partial charge is 0.484 e. The second-order valence-corrected chi connectivity index (χ2v) is 46.5. The highest BCUT2D eigenvalue weighted by Crippen LogP contribution is 2.52. The summed E-state index contributed by atoms with van der Waals surface area (Å²) in [4.78, 5) is 45.5. The quantitative estimate of drug-likeness (QED) is 0.0228. The normalized spacial score (nSPS) is 21.2. The van der Waals surface area contributed by atoms with Crippen LogP contribution in [-0.4, -0.2) is 240 Å². The Hall–Kier alpha value is -9.23. The van der Waals surface area contributed by atoms with Gasteiger partial charge in [0.25, 0.3) is 0 Å². The maximum atomic E-state index is 12.8. The van der Waals surface area contributed by atoms with Gasteiger partial charge in [-0.05, 0) is 257 Å². The van der Waals surface area contributed by atoms with Crippen LogP contribution in [0.15, 0.2) is 135 Å². The van der Waals surface area contributed by atoms with Gasteiger partial charge in [-0.2, -0.15) is 5.10 Å². The Bertz CT molecular complexity index is 6140. The predicted molar refractivity (Wildman–Crippen MR) is 520 cm³/mol. The molecule has 4 saturated heterocycles. The molecule has 4 saturated carbocycles. The lowest BCUT2D eigenvalue weighted by Gasteiger charge is -2.42. The average molecular weight is 1880 g/mol. The van der Waals surface area contributed by atoms with Gasteiger partial charge in [0.2, 0.25) is 16.5 Å². The van der Waals surface area contributed by atoms with E-state index in [1.54, 1.807) is 12.5 Å². The van der Waals surface area contributed by atoms with Crippen molar-refractivity contribution in [3.8, 4) is 44.8 Å². The fourth-order valence-electron chi connectivity index (χ4n) is 19.5. The van der Waals surface area contributed by atoms with Crippen LogP contribution in [0.5, 0.6) is 5.75 Å². The van der Waals surface area contributed by atoms with Gasteiger partial charge >= 0.3 is 7.60 Å². The fourth-order valence-corrected chi connectivity index (χ4v) is 24.3. The van der Waals surface area contributed by atoms with Crippen molar-refractivity contribution in [1.29, 1.82) is 0 Å². The molecule has 8 fully saturated rings. The maximum absolute atomic E-state index is 12.8. The van der Waals surface area contributed by atoms with E-state index in [0.717, 1.165) is 168 Å². The van der Waals surface area contributed by atoms with Crippen molar-refractivity contribution in [2.75, 3.05) is 159 Å². The minimum atomic E-state index is -3.25. The molecule has 12 aromatic rings. The smallest absolute Gasteiger partial charge is 0.330 e. The zero-order valence-corrected chi connectivity index (χ0v) is 80.2. The lowest BCUT2D eigenvalue weighted by Crippen LogP contribution is -2.43. The number of sulfonamides is 1. The van der Waals surface area contributed by atoms with Crippen LogP contribution >= 0.6 is 14.1 Å². The summed E-state index contributed by atoms with van der Waals surface area (Å²) in [5, 5.41) is 8.03. The van der Waals surface area contributed by atoms with Gasteiger partial charge in [0.05, 0.1) is 78.0 Å². The van der Waals surface area contributed by atoms with Gasteiger partial charge in [-0.3, -0.25) is 4.57 Å². The molecular formula is C93H125N23O10P2S3. The number of fused-ring (bicyclic) bond motifs is 4. The van der Waals surface area contributed by atoms with Gasteiger partial charge in [-0.1, -0.05) is 54.6 Å². The number of rotatable bonds is 36. The number of nitrogens with two attached hydrogens (primary N) is 4. The van der Waals surface area contributed by atoms with Crippen LogP contribution in [0.1, 0.15) is 146 Å². The first kappa shape index (κ1) is 93.6. The Kier molecular flexibility index (Phi) is 29.2. The molecule has 4 aliphatic carbocycles. The van der Waals surface area contributed by atoms with E-state index in [-0.39, 0.29) is 18.6 Å². The summed E-state index contributed by atoms with van der Waals surface area (Å²) in [6, 6.07) is 25.6. The van der Waals surface area contributed by atoms with Crippen molar-refractivity contribution in [1.82, 2.24) is 92.2 Å². The number of nitrogens with zero attached hydrogens (tertiary/aromatic N) is 18. The highest BCUT2D eigenvalue weighted by molar-refractivity contribution is 8.09. The second kappa shape index (κ2) is 40.9. The lowest BCUT2D eigenvalue weighted by molar-refractivity contribution is 0.0921. The number of nitrogens with one attached hydrogen (secondary N) is 1. The average Bonchev–Trinajstić information content (AvgIpc) is 1.63. The number of aryl methyl sites for hydroxylation is 2. The standard InChI is InChI=1S/C25H34N5O3PS.C23H34N7O3P.C23H29N5O2S.C22H28N6O2S/c1-3-32-34(35,33-4-2)17-31-21-8-5-7-19(13-21)22-15-30(25-23(22)24(26)27-16-28-25)20-11-18(12-20)14-29-9-6-10-29;1-3-32-34(31,33-4-2)9-6-17-12-27-30(14-17)20-15-29(23-21(20)22(24)25-16-26-23)19-10-18(11-19)13-28-7-5-8-28;1-31(29,30)9-6-16-4-2-5-18(10-16)20-14-28(23-21(20)22(24)25-15-26-23)19-11-17(12-19)13-27-7-3-8-27;1-31(29,30)26-11-15-4-2-5-17(8-15)19-13-28(22-20(19)21(23)24-14-25-22)18-9-16(10-18)12-27-6-3-7-27/h5,7-8,13,15-16,18,20H,3-4,6,9-12,14,17H2,1-2H3,(H2,26,27,28);12,14-16,18-19H,3-11,13H2,1-2H3,(H2,24,25,26);2,4-5,10,14-15,17,19H,3,6-9,11-13H2,1H3,(H2,24,25,26);2,4-5,8,13-14,16,18,26H,3,6-7,9-12H2,1H3,(H2,23,24,25). The molecule has 20 rings (SSSR count). The Morgan fingerprint density at radius 1 is 0.450 bits per heavy atom. The summed E-state index contributed by atoms with van der Waals surface area (Å²) in [7, 11) is -9.36. The molecule has 9 aromatic heterocycles. The SMILES string of the molecule is CCOP(=O)(CCc1cnn(-c2cn(C3CC(CN4CCC4)C3)c3ncnc(N)c23)c1)OCC.CCOP(=S)(COc1cccc(-c2cn(C3CC(CN4CCC4)C3)c3ncnc(N)c23)c1)OCC.CS(=O)(=O)CCc1cccc(-c2cn(C3CC(CN4CCC4)C3)c3ncnc(N)c23)c1.CS(=O)(=O)NCc1cccc(-c2cn(C3CC(CN4CCC4)C3)c3ncnc(N)c23)c1. The van der Waals surface area contributed by atoms with Gasteiger partial charge < -0.3 is 83.6 Å². The first-order valence-corrected chi connectivity index (χ1v) is 54.9. The number of ether oxygens (including phenoxy) is 1. The number of aromatic nitrogens is 14. The summed E-state index contributed by atoms with van der Waals surface area (Å²) in [5.41, 5.74) is 38.5. The van der Waals surface area contributed by atoms with E-state index in [1.165, 1.54) is 142 Å². The van der Waals surface area contributed by atoms with Crippen LogP contribution in [0.25, 0.3) is 83.2 Å². The van der Waals surface area contributed by atoms with Crippen molar-refractivity contribution in [3.63, 3.8) is 0 Å². The van der Waals surface area contributed by atoms with Crippen molar-refractivity contribution in [2.45, 2.75) is 148 Å². The van der Waals surface area contributed by atoms with Crippen molar-refractivity contribution < 1.29 is 44.2 Å². The van der Waals surface area contributed by atoms with E-state index >= 15 is 0 Å². The minimum absolute atomic E-state index is 0.143. The van der Waals surface area contributed by atoms with Gasteiger partial charge in [-0.15, -0.1) is 0 Å². The monoisotopic (exact) mass is 1880 g/mol. The third-order valence-corrected chi connectivity index (χ3v) is 33.4. The molecule has 9 N–H and O–H groups in total.